The molecule has 1 aromatic rings. The van der Waals surface area contributed by atoms with E-state index in [1.54, 1.807) is 18.2 Å². The van der Waals surface area contributed by atoms with Crippen molar-refractivity contribution < 1.29 is 16.8 Å². The average Bonchev–Trinajstić information content (AvgIpc) is 2.56. The Labute approximate surface area is 148 Å². The van der Waals surface area contributed by atoms with Crippen molar-refractivity contribution in [3.8, 4) is 12.1 Å². The number of nitrogens with zero attached hydrogens (tertiary/aromatic N) is 2. The molecule has 0 aromatic heterocycles. The van der Waals surface area contributed by atoms with E-state index in [0.29, 0.717) is 0 Å². The van der Waals surface area contributed by atoms with Crippen molar-refractivity contribution in [2.24, 2.45) is 0 Å². The number of nitriles is 2. The number of rotatable bonds is 11. The second kappa shape index (κ2) is 10.1. The minimum Gasteiger partial charge on any atom is -0.214 e. The van der Waals surface area contributed by atoms with Gasteiger partial charge in [-0.3, -0.25) is 0 Å². The third-order valence-corrected chi connectivity index (χ3v) is 7.58. The van der Waals surface area contributed by atoms with Gasteiger partial charge in [-0.25, -0.2) is 26.3 Å². The topological polar surface area (TPSA) is 140 Å². The molecule has 0 spiro atoms. The molecule has 25 heavy (non-hydrogen) atoms. The van der Waals surface area contributed by atoms with Crippen LogP contribution in [0.25, 0.3) is 0 Å². The highest BCUT2D eigenvalue weighted by Crippen LogP contribution is 2.27. The van der Waals surface area contributed by atoms with Gasteiger partial charge in [0.2, 0.25) is 24.6 Å². The van der Waals surface area contributed by atoms with Gasteiger partial charge in [-0.15, -0.1) is 0 Å². The molecule has 0 aliphatic heterocycles. The predicted octanol–water partition coefficient (Wildman–Crippen LogP) is 1.13. The van der Waals surface area contributed by atoms with Gasteiger partial charge in [0.25, 0.3) is 0 Å². The van der Waals surface area contributed by atoms with Crippen LogP contribution < -0.4 is 9.44 Å². The van der Waals surface area contributed by atoms with E-state index < -0.39 is 24.6 Å². The highest BCUT2D eigenvalue weighted by Gasteiger charge is 2.38. The summed E-state index contributed by atoms with van der Waals surface area (Å²) in [6, 6.07) is 11.4. The first-order valence-electron chi connectivity index (χ1n) is 7.61. The number of hydrogen-bond donors (Lipinski definition) is 2. The van der Waals surface area contributed by atoms with Crippen LogP contribution in [0.2, 0.25) is 0 Å². The van der Waals surface area contributed by atoms with E-state index in [9.17, 15) is 16.8 Å². The second-order valence-electron chi connectivity index (χ2n) is 5.14. The normalized spacial score (nSPS) is 11.8. The maximum atomic E-state index is 12.6. The van der Waals surface area contributed by atoms with Crippen LogP contribution in [0.3, 0.4) is 0 Å². The monoisotopic (exact) mass is 384 g/mol. The maximum absolute atomic E-state index is 12.6. The van der Waals surface area contributed by atoms with Gasteiger partial charge in [0.1, 0.15) is 0 Å². The Bertz CT molecular complexity index is 773. The van der Waals surface area contributed by atoms with E-state index in [4.69, 9.17) is 10.5 Å². The highest BCUT2D eigenvalue weighted by atomic mass is 32.3. The van der Waals surface area contributed by atoms with E-state index in [1.807, 2.05) is 12.1 Å². The van der Waals surface area contributed by atoms with Crippen molar-refractivity contribution in [1.29, 1.82) is 10.5 Å². The summed E-state index contributed by atoms with van der Waals surface area (Å²) >= 11 is 0. The van der Waals surface area contributed by atoms with Crippen molar-refractivity contribution in [2.75, 3.05) is 13.1 Å². The largest absolute Gasteiger partial charge is 0.234 e. The quantitative estimate of drug-likeness (QED) is 0.548. The van der Waals surface area contributed by atoms with Crippen LogP contribution in [-0.4, -0.2) is 29.9 Å². The highest BCUT2D eigenvalue weighted by molar-refractivity contribution is 8.06. The Morgan fingerprint density at radius 2 is 1.28 bits per heavy atom. The fourth-order valence-electron chi connectivity index (χ4n) is 2.05. The first-order valence-corrected chi connectivity index (χ1v) is 10.7. The standard InChI is InChI=1S/C15H20N4O4S2/c16-10-4-6-12-18-24(20,21)15(14-8-2-1-3-9-14)25(22,23)19-13-7-5-11-17/h1-3,8-9,15,18-19H,4-7,12-13H2. The molecular weight excluding hydrogens is 364 g/mol. The fraction of sp³-hybridized carbons (Fsp3) is 0.467. The third-order valence-electron chi connectivity index (χ3n) is 3.17. The molecule has 136 valence electrons. The van der Waals surface area contributed by atoms with E-state index in [0.717, 1.165) is 0 Å². The van der Waals surface area contributed by atoms with Crippen LogP contribution in [0.5, 0.6) is 0 Å². The lowest BCUT2D eigenvalue weighted by atomic mass is 10.2. The molecule has 0 bridgehead atoms. The predicted molar refractivity (Wildman–Crippen MR) is 92.7 cm³/mol. The molecule has 0 heterocycles. The van der Waals surface area contributed by atoms with Gasteiger partial charge in [-0.2, -0.15) is 10.5 Å². The Kier molecular flexibility index (Phi) is 8.52. The maximum Gasteiger partial charge on any atom is 0.234 e. The lowest BCUT2D eigenvalue weighted by molar-refractivity contribution is 0.558. The molecule has 0 amide bonds. The van der Waals surface area contributed by atoms with Crippen molar-refractivity contribution in [1.82, 2.24) is 9.44 Å². The second-order valence-corrected chi connectivity index (χ2v) is 9.14. The van der Waals surface area contributed by atoms with Crippen LogP contribution in [0, 0.1) is 22.7 Å². The van der Waals surface area contributed by atoms with E-state index >= 15 is 0 Å². The van der Waals surface area contributed by atoms with Crippen molar-refractivity contribution in [2.45, 2.75) is 30.3 Å². The molecule has 2 N–H and O–H groups in total. The Hall–Kier alpha value is -1.98. The molecule has 0 saturated heterocycles. The van der Waals surface area contributed by atoms with Crippen LogP contribution in [0.1, 0.15) is 35.8 Å². The summed E-state index contributed by atoms with van der Waals surface area (Å²) in [6.07, 6.45) is 0.898. The van der Waals surface area contributed by atoms with Crippen LogP contribution in [0.4, 0.5) is 0 Å². The van der Waals surface area contributed by atoms with Crippen molar-refractivity contribution in [3.05, 3.63) is 35.9 Å². The molecule has 0 atom stereocenters. The lowest BCUT2D eigenvalue weighted by Crippen LogP contribution is -2.39. The van der Waals surface area contributed by atoms with Gasteiger partial charge in [0.05, 0.1) is 12.1 Å². The summed E-state index contributed by atoms with van der Waals surface area (Å²) in [4.78, 5) is 0. The summed E-state index contributed by atoms with van der Waals surface area (Å²) in [5, 5.41) is 17.0. The van der Waals surface area contributed by atoms with E-state index in [2.05, 4.69) is 9.44 Å². The lowest BCUT2D eigenvalue weighted by Gasteiger charge is -2.19. The zero-order valence-electron chi connectivity index (χ0n) is 13.6. The molecule has 10 heteroatoms. The number of benzene rings is 1. The number of nitrogens with one attached hydrogen (secondary N) is 2. The van der Waals surface area contributed by atoms with Gasteiger partial charge < -0.3 is 0 Å². The zero-order valence-corrected chi connectivity index (χ0v) is 15.2. The average molecular weight is 384 g/mol. The third kappa shape index (κ3) is 6.80. The minimum absolute atomic E-state index is 0.0246. The van der Waals surface area contributed by atoms with Gasteiger partial charge >= 0.3 is 0 Å². The summed E-state index contributed by atoms with van der Waals surface area (Å²) in [7, 11) is -8.46. The Morgan fingerprint density at radius 3 is 1.68 bits per heavy atom. The fourth-order valence-corrected chi connectivity index (χ4v) is 5.98. The van der Waals surface area contributed by atoms with Crippen molar-refractivity contribution in [3.63, 3.8) is 0 Å². The Balaban J connectivity index is 3.05. The molecule has 0 aliphatic carbocycles. The molecule has 1 rings (SSSR count). The van der Waals surface area contributed by atoms with Gasteiger partial charge in [-0.1, -0.05) is 30.3 Å². The zero-order chi connectivity index (χ0) is 18.8. The van der Waals surface area contributed by atoms with Gasteiger partial charge in [-0.05, 0) is 18.4 Å². The minimum atomic E-state index is -4.23. The van der Waals surface area contributed by atoms with Crippen LogP contribution in [-0.2, 0) is 20.0 Å². The van der Waals surface area contributed by atoms with Crippen LogP contribution >= 0.6 is 0 Å². The number of hydrogen-bond acceptors (Lipinski definition) is 6. The van der Waals surface area contributed by atoms with Gasteiger partial charge in [0, 0.05) is 25.9 Å². The molecule has 0 unspecified atom stereocenters. The smallest absolute Gasteiger partial charge is 0.214 e. The first kappa shape index (κ1) is 21.1. The van der Waals surface area contributed by atoms with Crippen LogP contribution in [0.15, 0.2) is 30.3 Å². The Morgan fingerprint density at radius 1 is 0.840 bits per heavy atom. The SMILES string of the molecule is N#CCCCNS(=O)(=O)C(c1ccccc1)S(=O)(=O)NCCCC#N. The molecule has 0 saturated carbocycles. The summed E-state index contributed by atoms with van der Waals surface area (Å²) in [6.45, 7) is -0.0492. The number of sulfonamides is 2. The number of unbranched alkanes of at least 4 members (excludes halogenated alkanes) is 2. The van der Waals surface area contributed by atoms with Gasteiger partial charge in [0.15, 0.2) is 0 Å². The summed E-state index contributed by atoms with van der Waals surface area (Å²) < 4.78 is 52.9. The summed E-state index contributed by atoms with van der Waals surface area (Å²) in [5.74, 6) is 0. The summed E-state index contributed by atoms with van der Waals surface area (Å²) in [5.41, 5.74) is 0.114. The van der Waals surface area contributed by atoms with E-state index in [1.165, 1.54) is 12.1 Å². The molecule has 0 aliphatic rings. The molecule has 1 aromatic carbocycles. The molecular formula is C15H20N4O4S2. The first-order chi connectivity index (χ1) is 11.8. The molecule has 0 radical (unpaired) electrons. The van der Waals surface area contributed by atoms with E-state index in [-0.39, 0.29) is 44.3 Å². The molecule has 8 nitrogen and oxygen atoms in total. The molecule has 0 fully saturated rings. The van der Waals surface area contributed by atoms with Crippen molar-refractivity contribution >= 4 is 20.0 Å².